The summed E-state index contributed by atoms with van der Waals surface area (Å²) in [6, 6.07) is 0.671. The maximum atomic E-state index is 12.5. The first kappa shape index (κ1) is 19.0. The molecular formula is C21H35N3O3. The van der Waals surface area contributed by atoms with Crippen LogP contribution < -0.4 is 0 Å². The third kappa shape index (κ3) is 3.96. The number of carbonyl (C=O) groups excluding carboxylic acids is 2. The molecule has 0 atom stereocenters. The lowest BCUT2D eigenvalue weighted by Gasteiger charge is -2.38. The van der Waals surface area contributed by atoms with Crippen molar-refractivity contribution in [3.05, 3.63) is 0 Å². The van der Waals surface area contributed by atoms with Crippen LogP contribution in [0.4, 0.5) is 4.79 Å². The van der Waals surface area contributed by atoms with Crippen molar-refractivity contribution >= 4 is 12.0 Å². The lowest BCUT2D eigenvalue weighted by Crippen LogP contribution is -2.50. The Bertz CT molecular complexity index is 575. The van der Waals surface area contributed by atoms with Crippen molar-refractivity contribution in [2.75, 3.05) is 39.8 Å². The molecule has 27 heavy (non-hydrogen) atoms. The molecule has 2 aliphatic heterocycles. The predicted molar refractivity (Wildman–Crippen MR) is 103 cm³/mol. The van der Waals surface area contributed by atoms with Gasteiger partial charge in [0.2, 0.25) is 5.91 Å². The van der Waals surface area contributed by atoms with Gasteiger partial charge in [0.15, 0.2) is 0 Å². The van der Waals surface area contributed by atoms with Crippen LogP contribution in [0.15, 0.2) is 0 Å². The Morgan fingerprint density at radius 1 is 1.15 bits per heavy atom. The van der Waals surface area contributed by atoms with Gasteiger partial charge in [-0.3, -0.25) is 4.79 Å². The molecule has 0 aromatic carbocycles. The Balaban J connectivity index is 1.26. The fraction of sp³-hybridized carbons (Fsp3) is 0.905. The molecule has 6 heteroatoms. The SMILES string of the molecule is CN(CCN1CC2(CCN(C(=O)C3(C)CC3)CC2)OC1=O)C1CCCCC1. The molecule has 0 aromatic rings. The standard InChI is InChI=1S/C21H35N3O3/c1-20(8-9-20)18(25)23-12-10-21(11-13-23)16-24(19(26)27-21)15-14-22(2)17-6-4-3-5-7-17/h17H,3-16H2,1-2H3. The quantitative estimate of drug-likeness (QED) is 0.739. The zero-order chi connectivity index (χ0) is 19.1. The molecule has 0 N–H and O–H groups in total. The fourth-order valence-corrected chi connectivity index (χ4v) is 5.01. The van der Waals surface area contributed by atoms with Crippen molar-refractivity contribution in [2.45, 2.75) is 76.4 Å². The molecule has 2 saturated heterocycles. The van der Waals surface area contributed by atoms with Crippen LogP contribution in [0.25, 0.3) is 0 Å². The van der Waals surface area contributed by atoms with Gasteiger partial charge in [0.1, 0.15) is 5.60 Å². The second-order valence-corrected chi connectivity index (χ2v) is 9.60. The normalized spacial score (nSPS) is 27.3. The lowest BCUT2D eigenvalue weighted by atomic mass is 9.90. The van der Waals surface area contributed by atoms with Crippen LogP contribution in [0.3, 0.4) is 0 Å². The first-order valence-electron chi connectivity index (χ1n) is 10.9. The van der Waals surface area contributed by atoms with Crippen LogP contribution in [0.5, 0.6) is 0 Å². The van der Waals surface area contributed by atoms with Gasteiger partial charge in [0.05, 0.1) is 6.54 Å². The Kier molecular flexibility index (Phi) is 5.12. The largest absolute Gasteiger partial charge is 0.441 e. The fourth-order valence-electron chi connectivity index (χ4n) is 5.01. The number of piperidine rings is 1. The van der Waals surface area contributed by atoms with E-state index < -0.39 is 0 Å². The van der Waals surface area contributed by atoms with E-state index in [1.807, 2.05) is 9.80 Å². The maximum Gasteiger partial charge on any atom is 0.410 e. The number of likely N-dealkylation sites (N-methyl/N-ethyl adjacent to an activating group) is 1. The van der Waals surface area contributed by atoms with Crippen LogP contribution in [-0.4, -0.2) is 78.1 Å². The summed E-state index contributed by atoms with van der Waals surface area (Å²) in [7, 11) is 2.19. The van der Waals surface area contributed by atoms with Crippen LogP contribution in [0.2, 0.25) is 0 Å². The molecular weight excluding hydrogens is 342 g/mol. The van der Waals surface area contributed by atoms with Crippen molar-refractivity contribution in [3.8, 4) is 0 Å². The summed E-state index contributed by atoms with van der Waals surface area (Å²) in [6.45, 7) is 5.85. The number of hydrogen-bond donors (Lipinski definition) is 0. The van der Waals surface area contributed by atoms with E-state index in [0.717, 1.165) is 51.9 Å². The van der Waals surface area contributed by atoms with E-state index in [9.17, 15) is 9.59 Å². The van der Waals surface area contributed by atoms with Crippen molar-refractivity contribution in [3.63, 3.8) is 0 Å². The summed E-state index contributed by atoms with van der Waals surface area (Å²) >= 11 is 0. The van der Waals surface area contributed by atoms with Gasteiger partial charge in [-0.1, -0.05) is 26.2 Å². The highest BCUT2D eigenvalue weighted by Crippen LogP contribution is 2.47. The first-order chi connectivity index (χ1) is 12.9. The van der Waals surface area contributed by atoms with Crippen molar-refractivity contribution in [1.82, 2.24) is 14.7 Å². The van der Waals surface area contributed by atoms with Crippen LogP contribution in [0.1, 0.15) is 64.7 Å². The molecule has 2 aliphatic carbocycles. The van der Waals surface area contributed by atoms with Crippen molar-refractivity contribution < 1.29 is 14.3 Å². The van der Waals surface area contributed by atoms with E-state index in [4.69, 9.17) is 4.74 Å². The van der Waals surface area contributed by atoms with E-state index >= 15 is 0 Å². The van der Waals surface area contributed by atoms with Gasteiger partial charge in [0.25, 0.3) is 0 Å². The van der Waals surface area contributed by atoms with E-state index in [1.54, 1.807) is 0 Å². The number of likely N-dealkylation sites (tertiary alicyclic amines) is 1. The topological polar surface area (TPSA) is 53.1 Å². The molecule has 152 valence electrons. The van der Waals surface area contributed by atoms with Gasteiger partial charge in [-0.25, -0.2) is 4.79 Å². The molecule has 0 bridgehead atoms. The van der Waals surface area contributed by atoms with Gasteiger partial charge in [-0.2, -0.15) is 0 Å². The van der Waals surface area contributed by atoms with Crippen LogP contribution in [0, 0.1) is 5.41 Å². The number of ether oxygens (including phenoxy) is 1. The number of amides is 2. The van der Waals surface area contributed by atoms with Crippen LogP contribution in [-0.2, 0) is 9.53 Å². The molecule has 0 aromatic heterocycles. The zero-order valence-electron chi connectivity index (χ0n) is 17.0. The molecule has 4 aliphatic rings. The average Bonchev–Trinajstić information content (AvgIpc) is 3.36. The predicted octanol–water partition coefficient (Wildman–Crippen LogP) is 2.86. The van der Waals surface area contributed by atoms with Crippen molar-refractivity contribution in [1.29, 1.82) is 0 Å². The summed E-state index contributed by atoms with van der Waals surface area (Å²) in [5.74, 6) is 0.299. The summed E-state index contributed by atoms with van der Waals surface area (Å²) in [4.78, 5) is 31.3. The zero-order valence-corrected chi connectivity index (χ0v) is 17.0. The third-order valence-corrected chi connectivity index (χ3v) is 7.44. The average molecular weight is 378 g/mol. The minimum Gasteiger partial charge on any atom is -0.441 e. The Hall–Kier alpha value is -1.30. The second kappa shape index (κ2) is 7.26. The molecule has 2 heterocycles. The first-order valence-corrected chi connectivity index (χ1v) is 10.9. The highest BCUT2D eigenvalue weighted by molar-refractivity contribution is 5.85. The molecule has 4 rings (SSSR count). The Labute approximate surface area is 163 Å². The summed E-state index contributed by atoms with van der Waals surface area (Å²) < 4.78 is 5.84. The molecule has 2 saturated carbocycles. The summed E-state index contributed by atoms with van der Waals surface area (Å²) in [6.07, 6.45) is 10.0. The molecule has 0 radical (unpaired) electrons. The second-order valence-electron chi connectivity index (χ2n) is 9.60. The molecule has 1 spiro atoms. The van der Waals surface area contributed by atoms with E-state index in [0.29, 0.717) is 18.5 Å². The molecule has 6 nitrogen and oxygen atoms in total. The monoisotopic (exact) mass is 377 g/mol. The lowest BCUT2D eigenvalue weighted by molar-refractivity contribution is -0.139. The van der Waals surface area contributed by atoms with Gasteiger partial charge in [0, 0.05) is 50.5 Å². The number of nitrogens with zero attached hydrogens (tertiary/aromatic N) is 3. The number of hydrogen-bond acceptors (Lipinski definition) is 4. The smallest absolute Gasteiger partial charge is 0.410 e. The summed E-state index contributed by atoms with van der Waals surface area (Å²) in [5.41, 5.74) is -0.478. The van der Waals surface area contributed by atoms with Crippen molar-refractivity contribution in [2.24, 2.45) is 5.41 Å². The molecule has 2 amide bonds. The van der Waals surface area contributed by atoms with E-state index in [2.05, 4.69) is 18.9 Å². The van der Waals surface area contributed by atoms with E-state index in [-0.39, 0.29) is 17.1 Å². The van der Waals surface area contributed by atoms with Gasteiger partial charge in [-0.15, -0.1) is 0 Å². The Morgan fingerprint density at radius 2 is 1.81 bits per heavy atom. The van der Waals surface area contributed by atoms with Gasteiger partial charge >= 0.3 is 6.09 Å². The van der Waals surface area contributed by atoms with Gasteiger partial charge in [-0.05, 0) is 32.7 Å². The minimum absolute atomic E-state index is 0.105. The third-order valence-electron chi connectivity index (χ3n) is 7.44. The minimum atomic E-state index is -0.373. The van der Waals surface area contributed by atoms with E-state index in [1.165, 1.54) is 32.1 Å². The highest BCUT2D eigenvalue weighted by atomic mass is 16.6. The Morgan fingerprint density at radius 3 is 2.44 bits per heavy atom. The maximum absolute atomic E-state index is 12.5. The highest BCUT2D eigenvalue weighted by Gasteiger charge is 2.51. The molecule has 0 unspecified atom stereocenters. The number of carbonyl (C=O) groups is 2. The summed E-state index contributed by atoms with van der Waals surface area (Å²) in [5, 5.41) is 0. The van der Waals surface area contributed by atoms with Crippen LogP contribution >= 0.6 is 0 Å². The van der Waals surface area contributed by atoms with Gasteiger partial charge < -0.3 is 19.4 Å². The number of rotatable bonds is 5. The molecule has 4 fully saturated rings.